The molecule has 1 aromatic carbocycles. The minimum absolute atomic E-state index is 0.115. The lowest BCUT2D eigenvalue weighted by Gasteiger charge is -2.14. The van der Waals surface area contributed by atoms with E-state index in [1.54, 1.807) is 14.2 Å². The fourth-order valence-electron chi connectivity index (χ4n) is 5.19. The van der Waals surface area contributed by atoms with Crippen molar-refractivity contribution in [1.29, 1.82) is 0 Å². The number of methoxy groups -OCH3 is 2. The number of benzene rings is 1. The summed E-state index contributed by atoms with van der Waals surface area (Å²) in [7, 11) is 5.35. The van der Waals surface area contributed by atoms with Crippen molar-refractivity contribution in [1.82, 2.24) is 30.5 Å². The Hall–Kier alpha value is -3.50. The Morgan fingerprint density at radius 2 is 1.78 bits per heavy atom. The Balaban J connectivity index is 1.35. The third-order valence-corrected chi connectivity index (χ3v) is 7.94. The summed E-state index contributed by atoms with van der Waals surface area (Å²) in [4.78, 5) is 21.2. The van der Waals surface area contributed by atoms with E-state index in [1.807, 2.05) is 54.9 Å². The van der Waals surface area contributed by atoms with Gasteiger partial charge in [-0.15, -0.1) is 0 Å². The first-order chi connectivity index (χ1) is 19.9. The van der Waals surface area contributed by atoms with Crippen molar-refractivity contribution < 1.29 is 14.3 Å². The molecule has 1 saturated heterocycles. The monoisotopic (exact) mass is 576 g/mol. The van der Waals surface area contributed by atoms with Crippen LogP contribution in [0.4, 0.5) is 0 Å². The highest BCUT2D eigenvalue weighted by Crippen LogP contribution is 2.37. The Bertz CT molecular complexity index is 1540. The number of pyridine rings is 2. The molecule has 3 aromatic heterocycles. The molecular formula is C31H37ClN6O3. The van der Waals surface area contributed by atoms with E-state index >= 15 is 0 Å². The van der Waals surface area contributed by atoms with Gasteiger partial charge in [0.15, 0.2) is 0 Å². The number of halogens is 1. The van der Waals surface area contributed by atoms with Crippen LogP contribution in [0.2, 0.25) is 5.02 Å². The molecule has 9 nitrogen and oxygen atoms in total. The second-order valence-electron chi connectivity index (χ2n) is 10.5. The van der Waals surface area contributed by atoms with E-state index in [0.29, 0.717) is 30.4 Å². The minimum Gasteiger partial charge on any atom is -0.481 e. The molecule has 3 N–H and O–H groups in total. The topological polar surface area (TPSA) is 102 Å². The molecule has 0 bridgehead atoms. The van der Waals surface area contributed by atoms with Gasteiger partial charge in [-0.25, -0.2) is 9.97 Å². The zero-order chi connectivity index (χ0) is 28.9. The SMILES string of the molecule is COc1nc(-c2cccc(-c3ccc4c(CNCC(C)OC)cn(C)c4n3)c2Cl)ccc1CNC[C@@H]1CCC(=O)N1. The molecule has 0 spiro atoms. The predicted molar refractivity (Wildman–Crippen MR) is 162 cm³/mol. The lowest BCUT2D eigenvalue weighted by molar-refractivity contribution is -0.119. The molecule has 4 heterocycles. The molecular weight excluding hydrogens is 540 g/mol. The van der Waals surface area contributed by atoms with Crippen LogP contribution in [0, 0.1) is 0 Å². The van der Waals surface area contributed by atoms with Crippen molar-refractivity contribution in [3.8, 4) is 28.4 Å². The molecule has 4 aromatic rings. The number of hydrogen-bond acceptors (Lipinski definition) is 7. The maximum atomic E-state index is 11.4. The Morgan fingerprint density at radius 1 is 1.05 bits per heavy atom. The quantitative estimate of drug-likeness (QED) is 0.229. The van der Waals surface area contributed by atoms with Gasteiger partial charge in [0.2, 0.25) is 11.8 Å². The maximum Gasteiger partial charge on any atom is 0.220 e. The number of fused-ring (bicyclic) bond motifs is 1. The van der Waals surface area contributed by atoms with Gasteiger partial charge in [0.25, 0.3) is 0 Å². The van der Waals surface area contributed by atoms with Crippen molar-refractivity contribution in [2.24, 2.45) is 7.05 Å². The van der Waals surface area contributed by atoms with Crippen LogP contribution in [0.1, 0.15) is 30.9 Å². The van der Waals surface area contributed by atoms with Gasteiger partial charge < -0.3 is 30.0 Å². The largest absolute Gasteiger partial charge is 0.481 e. The molecule has 0 aliphatic carbocycles. The molecule has 2 atom stereocenters. The third-order valence-electron chi connectivity index (χ3n) is 7.53. The van der Waals surface area contributed by atoms with Crippen molar-refractivity contribution in [3.05, 3.63) is 64.8 Å². The summed E-state index contributed by atoms with van der Waals surface area (Å²) in [5, 5.41) is 11.5. The lowest BCUT2D eigenvalue weighted by Crippen LogP contribution is -2.35. The van der Waals surface area contributed by atoms with Crippen LogP contribution >= 0.6 is 11.6 Å². The number of rotatable bonds is 12. The number of aromatic nitrogens is 3. The number of nitrogens with zero attached hydrogens (tertiary/aromatic N) is 3. The highest BCUT2D eigenvalue weighted by Gasteiger charge is 2.20. The summed E-state index contributed by atoms with van der Waals surface area (Å²) in [5.74, 6) is 0.653. The number of nitrogens with one attached hydrogen (secondary N) is 3. The molecule has 1 amide bonds. The van der Waals surface area contributed by atoms with Crippen molar-refractivity contribution in [2.75, 3.05) is 27.3 Å². The van der Waals surface area contributed by atoms with Crippen LogP contribution in [-0.4, -0.2) is 59.9 Å². The Labute approximate surface area is 245 Å². The van der Waals surface area contributed by atoms with Crippen LogP contribution in [0.15, 0.2) is 48.7 Å². The van der Waals surface area contributed by atoms with Gasteiger partial charge in [-0.1, -0.05) is 35.9 Å². The van der Waals surface area contributed by atoms with E-state index < -0.39 is 0 Å². The summed E-state index contributed by atoms with van der Waals surface area (Å²) in [6, 6.07) is 14.2. The van der Waals surface area contributed by atoms with Gasteiger partial charge in [-0.05, 0) is 37.1 Å². The number of ether oxygens (including phenoxy) is 2. The third kappa shape index (κ3) is 6.54. The van der Waals surface area contributed by atoms with Gasteiger partial charge in [0, 0.05) is 81.1 Å². The van der Waals surface area contributed by atoms with E-state index in [9.17, 15) is 4.79 Å². The van der Waals surface area contributed by atoms with Crippen LogP contribution in [0.25, 0.3) is 33.5 Å². The number of aryl methyl sites for hydroxylation is 1. The maximum absolute atomic E-state index is 11.4. The van der Waals surface area contributed by atoms with E-state index in [4.69, 9.17) is 31.0 Å². The smallest absolute Gasteiger partial charge is 0.220 e. The standard InChI is InChI=1S/C31H37ClN6O3/c1-19(40-3)14-33-16-21-18-38(2)30-23(21)10-12-26(36-30)24-6-5-7-25(29(24)32)27-11-8-20(31(37-27)41-4)15-34-17-22-9-13-28(39)35-22/h5-8,10-12,18-19,22,33-34H,9,13-17H2,1-4H3,(H,35,39)/t19?,22-/m0/s1. The van der Waals surface area contributed by atoms with Crippen LogP contribution in [0.3, 0.4) is 0 Å². The molecule has 10 heteroatoms. The molecule has 1 aliphatic heterocycles. The number of hydrogen-bond donors (Lipinski definition) is 3. The molecule has 41 heavy (non-hydrogen) atoms. The van der Waals surface area contributed by atoms with Gasteiger partial charge in [0.05, 0.1) is 29.6 Å². The van der Waals surface area contributed by atoms with Crippen LogP contribution in [-0.2, 0) is 29.7 Å². The average molecular weight is 577 g/mol. The van der Waals surface area contributed by atoms with E-state index in [1.165, 1.54) is 5.56 Å². The second kappa shape index (κ2) is 13.0. The predicted octanol–water partition coefficient (Wildman–Crippen LogP) is 4.46. The summed E-state index contributed by atoms with van der Waals surface area (Å²) >= 11 is 6.99. The first-order valence-electron chi connectivity index (χ1n) is 13.9. The van der Waals surface area contributed by atoms with Gasteiger partial charge in [-0.2, -0.15) is 0 Å². The molecule has 0 saturated carbocycles. The molecule has 1 unspecified atom stereocenters. The minimum atomic E-state index is 0.115. The first-order valence-corrected chi connectivity index (χ1v) is 14.3. The van der Waals surface area contributed by atoms with E-state index in [0.717, 1.165) is 58.6 Å². The fourth-order valence-corrected chi connectivity index (χ4v) is 5.51. The van der Waals surface area contributed by atoms with Gasteiger partial charge >= 0.3 is 0 Å². The second-order valence-corrected chi connectivity index (χ2v) is 10.9. The zero-order valence-electron chi connectivity index (χ0n) is 24.0. The van der Waals surface area contributed by atoms with Crippen LogP contribution < -0.4 is 20.7 Å². The highest BCUT2D eigenvalue weighted by molar-refractivity contribution is 6.36. The average Bonchev–Trinajstić information content (AvgIpc) is 3.54. The number of carbonyl (C=O) groups is 1. The van der Waals surface area contributed by atoms with Gasteiger partial charge in [0.1, 0.15) is 5.65 Å². The van der Waals surface area contributed by atoms with Crippen LogP contribution in [0.5, 0.6) is 5.88 Å². The van der Waals surface area contributed by atoms with Crippen molar-refractivity contribution in [2.45, 2.75) is 45.0 Å². The Morgan fingerprint density at radius 3 is 2.49 bits per heavy atom. The summed E-state index contributed by atoms with van der Waals surface area (Å²) in [5.41, 5.74) is 6.18. The van der Waals surface area contributed by atoms with E-state index in [-0.39, 0.29) is 18.1 Å². The molecule has 0 radical (unpaired) electrons. The summed E-state index contributed by atoms with van der Waals surface area (Å²) in [6.45, 7) is 4.84. The first kappa shape index (κ1) is 29.0. The zero-order valence-corrected chi connectivity index (χ0v) is 24.7. The molecule has 216 valence electrons. The normalized spacial score (nSPS) is 15.8. The Kier molecular flexibility index (Phi) is 9.19. The van der Waals surface area contributed by atoms with E-state index in [2.05, 4.69) is 28.2 Å². The van der Waals surface area contributed by atoms with Gasteiger partial charge in [-0.3, -0.25) is 4.79 Å². The number of carbonyl (C=O) groups excluding carboxylic acids is 1. The molecule has 5 rings (SSSR count). The number of amides is 1. The fraction of sp³-hybridized carbons (Fsp3) is 0.387. The summed E-state index contributed by atoms with van der Waals surface area (Å²) < 4.78 is 13.0. The summed E-state index contributed by atoms with van der Waals surface area (Å²) in [6.07, 6.45) is 3.71. The molecule has 1 aliphatic rings. The van der Waals surface area contributed by atoms with Crippen molar-refractivity contribution >= 4 is 28.5 Å². The van der Waals surface area contributed by atoms with Crippen molar-refractivity contribution in [3.63, 3.8) is 0 Å². The lowest BCUT2D eigenvalue weighted by atomic mass is 10.0. The highest BCUT2D eigenvalue weighted by atomic mass is 35.5. The molecule has 1 fully saturated rings.